The van der Waals surface area contributed by atoms with Gasteiger partial charge in [-0.25, -0.2) is 0 Å². The van der Waals surface area contributed by atoms with Gasteiger partial charge in [-0.3, -0.25) is 0 Å². The van der Waals surface area contributed by atoms with Crippen LogP contribution in [0.1, 0.15) is 103 Å². The van der Waals surface area contributed by atoms with Crippen LogP contribution in [-0.2, 0) is 0 Å². The van der Waals surface area contributed by atoms with E-state index in [0.717, 1.165) is 17.0 Å². The molecule has 0 unspecified atom stereocenters. The van der Waals surface area contributed by atoms with Crippen molar-refractivity contribution in [3.63, 3.8) is 0 Å². The van der Waals surface area contributed by atoms with Crippen LogP contribution < -0.4 is 0 Å². The van der Waals surface area contributed by atoms with Gasteiger partial charge in [0, 0.05) is 7.26 Å². The molecule has 0 N–H and O–H groups in total. The lowest BCUT2D eigenvalue weighted by atomic mass is 9.99. The zero-order valence-electron chi connectivity index (χ0n) is 14.9. The predicted molar refractivity (Wildman–Crippen MR) is 102 cm³/mol. The Bertz CT molecular complexity index is 295. The molecule has 0 aromatic carbocycles. The summed E-state index contributed by atoms with van der Waals surface area (Å²) in [7, 11) is -0.903. The second kappa shape index (κ2) is 8.32. The quantitative estimate of drug-likeness (QED) is 0.469. The molecule has 0 nitrogen and oxygen atoms in total. The van der Waals surface area contributed by atoms with Crippen molar-refractivity contribution in [2.75, 3.05) is 0 Å². The molecule has 3 rings (SSSR count). The van der Waals surface area contributed by atoms with E-state index in [-0.39, 0.29) is 0 Å². The molecule has 22 heavy (non-hydrogen) atoms. The molecule has 1 heteroatoms. The molecular weight excluding hydrogens is 283 g/mol. The molecule has 0 heterocycles. The third kappa shape index (κ3) is 3.48. The zero-order valence-corrected chi connectivity index (χ0v) is 15.8. The highest BCUT2D eigenvalue weighted by Crippen LogP contribution is 2.78. The van der Waals surface area contributed by atoms with E-state index in [0.29, 0.717) is 0 Å². The summed E-state index contributed by atoms with van der Waals surface area (Å²) in [5.74, 6) is 2.87. The van der Waals surface area contributed by atoms with Gasteiger partial charge in [0.15, 0.2) is 0 Å². The number of allylic oxidation sites excluding steroid dienone is 1. The fourth-order valence-electron chi connectivity index (χ4n) is 6.10. The summed E-state index contributed by atoms with van der Waals surface area (Å²) in [6, 6.07) is 0. The topological polar surface area (TPSA) is 0 Å². The van der Waals surface area contributed by atoms with E-state index in [1.807, 2.05) is 0 Å². The maximum absolute atomic E-state index is 2.87. The molecule has 0 radical (unpaired) electrons. The van der Waals surface area contributed by atoms with Gasteiger partial charge < -0.3 is 0 Å². The first kappa shape index (κ1) is 17.0. The molecule has 0 aromatic heterocycles. The first-order valence-corrected chi connectivity index (χ1v) is 12.5. The fraction of sp³-hybridized carbons (Fsp3) is 0.905. The van der Waals surface area contributed by atoms with Gasteiger partial charge in [-0.05, 0) is 84.0 Å². The smallest absolute Gasteiger partial charge is 0.0530 e. The Balaban J connectivity index is 1.91. The maximum Gasteiger partial charge on any atom is 0.0744 e. The maximum atomic E-state index is 2.87. The van der Waals surface area contributed by atoms with Crippen LogP contribution in [0.4, 0.5) is 0 Å². The molecule has 3 aliphatic carbocycles. The van der Waals surface area contributed by atoms with Crippen molar-refractivity contribution in [2.24, 2.45) is 0 Å². The summed E-state index contributed by atoms with van der Waals surface area (Å²) >= 11 is 0. The molecule has 0 aromatic rings. The minimum absolute atomic E-state index is 0.903. The molecule has 3 aliphatic rings. The Kier molecular flexibility index (Phi) is 6.43. The first-order chi connectivity index (χ1) is 10.9. The molecule has 0 amide bonds. The summed E-state index contributed by atoms with van der Waals surface area (Å²) in [5.41, 5.74) is 3.34. The molecule has 0 atom stereocenters. The van der Waals surface area contributed by atoms with Crippen LogP contribution in [0.25, 0.3) is 0 Å². The second-order valence-corrected chi connectivity index (χ2v) is 12.5. The van der Waals surface area contributed by atoms with Crippen LogP contribution in [0.15, 0.2) is 11.9 Å². The molecule has 0 saturated heterocycles. The number of hydrogen-bond donors (Lipinski definition) is 0. The summed E-state index contributed by atoms with van der Waals surface area (Å²) in [6.07, 6.45) is 25.7. The van der Waals surface area contributed by atoms with E-state index in [9.17, 15) is 0 Å². The average molecular weight is 322 g/mol. The highest BCUT2D eigenvalue weighted by Gasteiger charge is 2.55. The van der Waals surface area contributed by atoms with Crippen molar-refractivity contribution in [2.45, 2.75) is 120 Å². The fourth-order valence-corrected chi connectivity index (χ4v) is 12.9. The molecule has 0 spiro atoms. The van der Waals surface area contributed by atoms with Crippen molar-refractivity contribution in [3.05, 3.63) is 11.9 Å². The highest BCUT2D eigenvalue weighted by atomic mass is 31.2. The normalized spacial score (nSPS) is 27.5. The first-order valence-electron chi connectivity index (χ1n) is 10.4. The summed E-state index contributed by atoms with van der Waals surface area (Å²) in [6.45, 7) is 2.32. The molecule has 3 saturated carbocycles. The molecule has 0 aliphatic heterocycles. The van der Waals surface area contributed by atoms with Crippen molar-refractivity contribution in [1.29, 1.82) is 0 Å². The molecule has 126 valence electrons. The Labute approximate surface area is 139 Å². The Hall–Kier alpha value is 0.170. The van der Waals surface area contributed by atoms with Gasteiger partial charge in [0.25, 0.3) is 0 Å². The average Bonchev–Trinajstić information content (AvgIpc) is 2.62. The van der Waals surface area contributed by atoms with Gasteiger partial charge >= 0.3 is 0 Å². The van der Waals surface area contributed by atoms with Crippen molar-refractivity contribution >= 4 is 7.26 Å². The van der Waals surface area contributed by atoms with E-state index >= 15 is 0 Å². The number of rotatable bonds is 4. The Morgan fingerprint density at radius 1 is 0.545 bits per heavy atom. The minimum atomic E-state index is -0.903. The zero-order chi connectivity index (χ0) is 15.3. The largest absolute Gasteiger partial charge is 0.0744 e. The van der Waals surface area contributed by atoms with Crippen molar-refractivity contribution < 1.29 is 0 Å². The SMILES string of the molecule is CC=C[P+](C1CCCCC1)(C1CCCCC1)C1CCCCC1. The second-order valence-electron chi connectivity index (χ2n) is 8.25. The lowest BCUT2D eigenvalue weighted by Crippen LogP contribution is -2.34. The van der Waals surface area contributed by atoms with E-state index in [1.165, 1.54) is 57.8 Å². The van der Waals surface area contributed by atoms with Gasteiger partial charge in [-0.2, -0.15) is 0 Å². The van der Waals surface area contributed by atoms with Crippen LogP contribution in [0.5, 0.6) is 0 Å². The Morgan fingerprint density at radius 2 is 0.864 bits per heavy atom. The lowest BCUT2D eigenvalue weighted by Gasteiger charge is -2.47. The standard InChI is InChI=1S/C21H38P/c1-2-18-22(19-12-6-3-7-13-19,20-14-8-4-9-15-20)21-16-10-5-11-17-21/h2,18-21H,3-17H2,1H3/q+1. The van der Waals surface area contributed by atoms with E-state index in [2.05, 4.69) is 18.8 Å². The van der Waals surface area contributed by atoms with Crippen LogP contribution in [0.3, 0.4) is 0 Å². The number of hydrogen-bond acceptors (Lipinski definition) is 0. The minimum Gasteiger partial charge on any atom is -0.0530 e. The lowest BCUT2D eigenvalue weighted by molar-refractivity contribution is 0.454. The van der Waals surface area contributed by atoms with E-state index in [1.54, 1.807) is 38.5 Å². The summed E-state index contributed by atoms with van der Waals surface area (Å²) in [4.78, 5) is 0. The van der Waals surface area contributed by atoms with Crippen molar-refractivity contribution in [1.82, 2.24) is 0 Å². The van der Waals surface area contributed by atoms with Crippen LogP contribution in [-0.4, -0.2) is 17.0 Å². The van der Waals surface area contributed by atoms with Crippen LogP contribution >= 0.6 is 7.26 Å². The third-order valence-corrected chi connectivity index (χ3v) is 13.2. The molecule has 0 bridgehead atoms. The van der Waals surface area contributed by atoms with Crippen LogP contribution in [0, 0.1) is 0 Å². The summed E-state index contributed by atoms with van der Waals surface area (Å²) in [5, 5.41) is 0. The van der Waals surface area contributed by atoms with E-state index < -0.39 is 7.26 Å². The molecule has 3 fully saturated rings. The predicted octanol–water partition coefficient (Wildman–Crippen LogP) is 7.54. The van der Waals surface area contributed by atoms with Gasteiger partial charge in [-0.1, -0.05) is 25.3 Å². The Morgan fingerprint density at radius 3 is 1.14 bits per heavy atom. The van der Waals surface area contributed by atoms with Gasteiger partial charge in [0.2, 0.25) is 0 Å². The highest BCUT2D eigenvalue weighted by molar-refractivity contribution is 7.80. The van der Waals surface area contributed by atoms with E-state index in [4.69, 9.17) is 0 Å². The van der Waals surface area contributed by atoms with Gasteiger partial charge in [0.05, 0.1) is 22.8 Å². The van der Waals surface area contributed by atoms with Crippen molar-refractivity contribution in [3.8, 4) is 0 Å². The van der Waals surface area contributed by atoms with Crippen LogP contribution in [0.2, 0.25) is 0 Å². The summed E-state index contributed by atoms with van der Waals surface area (Å²) < 4.78 is 0. The molecular formula is C21H38P+. The third-order valence-electron chi connectivity index (χ3n) is 7.03. The van der Waals surface area contributed by atoms with Gasteiger partial charge in [0.1, 0.15) is 0 Å². The monoisotopic (exact) mass is 321 g/mol. The van der Waals surface area contributed by atoms with Gasteiger partial charge in [-0.15, -0.1) is 0 Å².